The minimum atomic E-state index is -3.28. The summed E-state index contributed by atoms with van der Waals surface area (Å²) in [5.74, 6) is -7.13. The monoisotopic (exact) mass is 238 g/mol. The zero-order chi connectivity index (χ0) is 12.7. The van der Waals surface area contributed by atoms with Crippen LogP contribution in [0.5, 0.6) is 0 Å². The summed E-state index contributed by atoms with van der Waals surface area (Å²) in [6.45, 7) is 0. The Morgan fingerprint density at radius 2 is 1.56 bits per heavy atom. The molecule has 1 aliphatic heterocycles. The molecule has 1 fully saturated rings. The van der Waals surface area contributed by atoms with E-state index in [-0.39, 0.29) is 0 Å². The average molecular weight is 238 g/mol. The molecule has 0 spiro atoms. The van der Waals surface area contributed by atoms with E-state index in [0.29, 0.717) is 0 Å². The molecule has 0 aromatic carbocycles. The summed E-state index contributed by atoms with van der Waals surface area (Å²) >= 11 is 0. The lowest BCUT2D eigenvalue weighted by molar-refractivity contribution is -0.330. The number of aliphatic hydroxyl groups excluding tert-OH is 3. The van der Waals surface area contributed by atoms with Crippen LogP contribution in [0.2, 0.25) is 0 Å². The van der Waals surface area contributed by atoms with Gasteiger partial charge in [-0.1, -0.05) is 0 Å². The van der Waals surface area contributed by atoms with Crippen LogP contribution in [-0.2, 0) is 14.3 Å². The number of carbonyl (C=O) groups is 2. The molecule has 1 saturated heterocycles. The highest BCUT2D eigenvalue weighted by atomic mass is 16.7. The molecule has 1 aliphatic rings. The number of aliphatic hydroxyl groups is 4. The van der Waals surface area contributed by atoms with Gasteiger partial charge in [-0.05, 0) is 0 Å². The summed E-state index contributed by atoms with van der Waals surface area (Å²) < 4.78 is 4.19. The van der Waals surface area contributed by atoms with Crippen LogP contribution in [0.15, 0.2) is 0 Å². The van der Waals surface area contributed by atoms with E-state index in [1.807, 2.05) is 0 Å². The van der Waals surface area contributed by atoms with Crippen LogP contribution in [0.4, 0.5) is 0 Å². The highest BCUT2D eigenvalue weighted by molar-refractivity contribution is 5.79. The maximum atomic E-state index is 10.6. The Morgan fingerprint density at radius 1 is 1.06 bits per heavy atom. The predicted molar refractivity (Wildman–Crippen MR) is 43.1 cm³/mol. The Hall–Kier alpha value is -1.26. The summed E-state index contributed by atoms with van der Waals surface area (Å²) in [4.78, 5) is 21.1. The predicted octanol–water partition coefficient (Wildman–Crippen LogP) is -3.67. The van der Waals surface area contributed by atoms with Gasteiger partial charge >= 0.3 is 11.9 Å². The van der Waals surface area contributed by atoms with Gasteiger partial charge < -0.3 is 35.4 Å². The molecular formula is C7H10O9. The number of ether oxygens (including phenoxy) is 1. The molecule has 0 amide bonds. The number of rotatable bonds is 2. The third-order valence-electron chi connectivity index (χ3n) is 2.24. The van der Waals surface area contributed by atoms with Gasteiger partial charge in [-0.25, -0.2) is 9.59 Å². The van der Waals surface area contributed by atoms with Crippen molar-refractivity contribution in [2.45, 2.75) is 30.2 Å². The largest absolute Gasteiger partial charge is 0.479 e. The lowest BCUT2D eigenvalue weighted by Crippen LogP contribution is -2.68. The second kappa shape index (κ2) is 3.96. The summed E-state index contributed by atoms with van der Waals surface area (Å²) in [7, 11) is 0. The van der Waals surface area contributed by atoms with Gasteiger partial charge in [0.2, 0.25) is 0 Å². The first-order valence-electron chi connectivity index (χ1n) is 4.12. The maximum Gasteiger partial charge on any atom is 0.367 e. The third-order valence-corrected chi connectivity index (χ3v) is 2.24. The fourth-order valence-corrected chi connectivity index (χ4v) is 1.30. The molecule has 0 saturated carbocycles. The molecule has 0 bridgehead atoms. The van der Waals surface area contributed by atoms with Gasteiger partial charge in [-0.2, -0.15) is 0 Å². The number of aliphatic carboxylic acids is 2. The summed E-state index contributed by atoms with van der Waals surface area (Å²) in [6.07, 6.45) is -8.72. The molecule has 16 heavy (non-hydrogen) atoms. The van der Waals surface area contributed by atoms with Gasteiger partial charge in [0, 0.05) is 0 Å². The summed E-state index contributed by atoms with van der Waals surface area (Å²) in [6, 6.07) is 0. The van der Waals surface area contributed by atoms with Crippen molar-refractivity contribution >= 4 is 11.9 Å². The normalized spacial score (nSPS) is 44.0. The van der Waals surface area contributed by atoms with Gasteiger partial charge in [0.25, 0.3) is 5.79 Å². The van der Waals surface area contributed by atoms with Gasteiger partial charge in [-0.3, -0.25) is 0 Å². The first-order valence-corrected chi connectivity index (χ1v) is 4.12. The van der Waals surface area contributed by atoms with Crippen molar-refractivity contribution in [1.82, 2.24) is 0 Å². The molecule has 1 heterocycles. The Balaban J connectivity index is 3.08. The molecule has 0 aromatic heterocycles. The SMILES string of the molecule is O=C(O)C1OC(O)(C(=O)O)[C@@H](O)[C@@H](O)[C@@H]1O. The molecule has 0 aromatic rings. The van der Waals surface area contributed by atoms with Crippen molar-refractivity contribution < 1.29 is 45.0 Å². The van der Waals surface area contributed by atoms with E-state index in [4.69, 9.17) is 10.2 Å². The van der Waals surface area contributed by atoms with E-state index in [1.54, 1.807) is 0 Å². The van der Waals surface area contributed by atoms with Crippen molar-refractivity contribution in [2.75, 3.05) is 0 Å². The van der Waals surface area contributed by atoms with Crippen LogP contribution in [0.1, 0.15) is 0 Å². The van der Waals surface area contributed by atoms with E-state index in [0.717, 1.165) is 0 Å². The van der Waals surface area contributed by atoms with Crippen LogP contribution in [0.25, 0.3) is 0 Å². The van der Waals surface area contributed by atoms with Crippen molar-refractivity contribution in [3.8, 4) is 0 Å². The molecule has 0 radical (unpaired) electrons. The van der Waals surface area contributed by atoms with Crippen LogP contribution in [0.3, 0.4) is 0 Å². The molecule has 0 aliphatic carbocycles. The minimum absolute atomic E-state index is 1.78. The smallest absolute Gasteiger partial charge is 0.367 e. The standard InChI is InChI=1S/C7H10O9/c8-1-2(9)4(10)7(15,6(13)14)16-3(1)5(11)12/h1-4,8-10,15H,(H,11,12)(H,13,14)/t1-,2-,3?,4-,7?/m0/s1. The lowest BCUT2D eigenvalue weighted by Gasteiger charge is -2.41. The van der Waals surface area contributed by atoms with E-state index < -0.39 is 42.1 Å². The molecule has 9 nitrogen and oxygen atoms in total. The van der Waals surface area contributed by atoms with Crippen LogP contribution >= 0.6 is 0 Å². The third kappa shape index (κ3) is 1.74. The topological polar surface area (TPSA) is 165 Å². The number of hydrogen-bond donors (Lipinski definition) is 6. The maximum absolute atomic E-state index is 10.6. The first kappa shape index (κ1) is 12.8. The summed E-state index contributed by atoms with van der Waals surface area (Å²) in [5.41, 5.74) is 0. The fraction of sp³-hybridized carbons (Fsp3) is 0.714. The zero-order valence-corrected chi connectivity index (χ0v) is 7.72. The quantitative estimate of drug-likeness (QED) is 0.284. The second-order valence-electron chi connectivity index (χ2n) is 3.30. The van der Waals surface area contributed by atoms with Gasteiger partial charge in [0.05, 0.1) is 0 Å². The van der Waals surface area contributed by atoms with E-state index >= 15 is 0 Å². The highest BCUT2D eigenvalue weighted by Crippen LogP contribution is 2.28. The van der Waals surface area contributed by atoms with Crippen LogP contribution < -0.4 is 0 Å². The number of carboxylic acids is 2. The van der Waals surface area contributed by atoms with Gasteiger partial charge in [-0.15, -0.1) is 0 Å². The number of hydrogen-bond acceptors (Lipinski definition) is 7. The van der Waals surface area contributed by atoms with Gasteiger partial charge in [0.1, 0.15) is 18.3 Å². The van der Waals surface area contributed by atoms with E-state index in [1.165, 1.54) is 0 Å². The van der Waals surface area contributed by atoms with Crippen LogP contribution in [-0.4, -0.2) is 72.8 Å². The molecule has 6 N–H and O–H groups in total. The van der Waals surface area contributed by atoms with E-state index in [2.05, 4.69) is 4.74 Å². The Labute approximate surface area is 88.1 Å². The second-order valence-corrected chi connectivity index (χ2v) is 3.30. The van der Waals surface area contributed by atoms with Crippen molar-refractivity contribution in [3.05, 3.63) is 0 Å². The summed E-state index contributed by atoms with van der Waals surface area (Å²) in [5, 5.41) is 53.9. The van der Waals surface area contributed by atoms with Gasteiger partial charge in [0.15, 0.2) is 6.10 Å². The molecule has 9 heteroatoms. The minimum Gasteiger partial charge on any atom is -0.479 e. The van der Waals surface area contributed by atoms with Crippen molar-refractivity contribution in [3.63, 3.8) is 0 Å². The zero-order valence-electron chi connectivity index (χ0n) is 7.72. The van der Waals surface area contributed by atoms with Crippen molar-refractivity contribution in [2.24, 2.45) is 0 Å². The van der Waals surface area contributed by atoms with E-state index in [9.17, 15) is 30.0 Å². The number of carboxylic acid groups (broad SMARTS) is 2. The van der Waals surface area contributed by atoms with Crippen LogP contribution in [0, 0.1) is 0 Å². The fourth-order valence-electron chi connectivity index (χ4n) is 1.30. The Kier molecular flexibility index (Phi) is 3.17. The first-order chi connectivity index (χ1) is 7.21. The molecule has 5 atom stereocenters. The van der Waals surface area contributed by atoms with Crippen molar-refractivity contribution in [1.29, 1.82) is 0 Å². The molecule has 1 rings (SSSR count). The molecular weight excluding hydrogens is 228 g/mol. The highest BCUT2D eigenvalue weighted by Gasteiger charge is 2.59. The Bertz CT molecular complexity index is 315. The lowest BCUT2D eigenvalue weighted by atomic mass is 9.92. The molecule has 2 unspecified atom stereocenters. The Morgan fingerprint density at radius 3 is 1.94 bits per heavy atom. The molecule has 92 valence electrons. The average Bonchev–Trinajstić information content (AvgIpc) is 2.19.